The van der Waals surface area contributed by atoms with E-state index in [9.17, 15) is 4.79 Å². The van der Waals surface area contributed by atoms with Gasteiger partial charge in [-0.3, -0.25) is 4.79 Å². The summed E-state index contributed by atoms with van der Waals surface area (Å²) in [5.74, 6) is 1.22. The third kappa shape index (κ3) is 3.08. The minimum absolute atomic E-state index is 0.161. The highest BCUT2D eigenvalue weighted by Crippen LogP contribution is 2.30. The lowest BCUT2D eigenvalue weighted by atomic mass is 10.2. The highest BCUT2D eigenvalue weighted by atomic mass is 35.5. The first-order valence-electron chi connectivity index (χ1n) is 6.51. The number of nitrogens with one attached hydrogen (secondary N) is 1. The number of hydrogen-bond acceptors (Lipinski definition) is 5. The Hall–Kier alpha value is -2.05. The third-order valence-corrected chi connectivity index (χ3v) is 4.16. The summed E-state index contributed by atoms with van der Waals surface area (Å²) < 4.78 is 5.14. The van der Waals surface area contributed by atoms with Gasteiger partial charge < -0.3 is 9.84 Å². The van der Waals surface area contributed by atoms with Crippen LogP contribution in [0.3, 0.4) is 0 Å². The van der Waals surface area contributed by atoms with Crippen molar-refractivity contribution in [3.63, 3.8) is 0 Å². The molecule has 1 aliphatic rings. The Morgan fingerprint density at radius 3 is 2.68 bits per heavy atom. The highest BCUT2D eigenvalue weighted by molar-refractivity contribution is 8.18. The summed E-state index contributed by atoms with van der Waals surface area (Å²) in [5, 5.41) is 7.13. The van der Waals surface area contributed by atoms with Crippen molar-refractivity contribution in [2.45, 2.75) is 13.8 Å². The first-order valence-corrected chi connectivity index (χ1v) is 7.70. The number of amidine groups is 1. The molecule has 1 fully saturated rings. The van der Waals surface area contributed by atoms with Crippen LogP contribution in [0.4, 0.5) is 10.5 Å². The van der Waals surface area contributed by atoms with Gasteiger partial charge in [-0.2, -0.15) is 0 Å². The molecule has 5 nitrogen and oxygen atoms in total. The van der Waals surface area contributed by atoms with E-state index in [0.717, 1.165) is 27.9 Å². The molecule has 2 aromatic rings. The van der Waals surface area contributed by atoms with Gasteiger partial charge in [0.2, 0.25) is 0 Å². The zero-order valence-corrected chi connectivity index (χ0v) is 13.5. The van der Waals surface area contributed by atoms with Crippen LogP contribution in [-0.2, 0) is 0 Å². The Balaban J connectivity index is 1.99. The first-order chi connectivity index (χ1) is 10.5. The summed E-state index contributed by atoms with van der Waals surface area (Å²) in [4.78, 5) is 16.9. The topological polar surface area (TPSA) is 67.5 Å². The second kappa shape index (κ2) is 5.98. The van der Waals surface area contributed by atoms with Crippen LogP contribution >= 0.6 is 23.4 Å². The number of carbonyl (C=O) groups is 1. The predicted octanol–water partition coefficient (Wildman–Crippen LogP) is 4.47. The normalized spacial score (nSPS) is 18.2. The molecule has 0 saturated carbocycles. The van der Waals surface area contributed by atoms with Crippen molar-refractivity contribution in [1.29, 1.82) is 0 Å². The maximum Gasteiger partial charge on any atom is 0.289 e. The predicted molar refractivity (Wildman–Crippen MR) is 88.6 cm³/mol. The van der Waals surface area contributed by atoms with E-state index in [1.807, 2.05) is 19.9 Å². The molecule has 1 N–H and O–H groups in total. The molecule has 112 valence electrons. The number of aliphatic imine (C=N–C) groups is 1. The smallest absolute Gasteiger partial charge is 0.289 e. The number of carbonyl (C=O) groups excluding carboxylic acids is 1. The fraction of sp³-hybridized carbons (Fsp3) is 0.133. The van der Waals surface area contributed by atoms with Gasteiger partial charge in [0, 0.05) is 10.6 Å². The highest BCUT2D eigenvalue weighted by Gasteiger charge is 2.24. The Bertz CT molecular complexity index is 774. The summed E-state index contributed by atoms with van der Waals surface area (Å²) in [7, 11) is 0. The van der Waals surface area contributed by atoms with Gasteiger partial charge >= 0.3 is 0 Å². The standard InChI is InChI=1S/C15H12ClN3O2S/c1-8-12(9(2)21-19-8)7-13-14(18-15(20)22-13)17-11-5-3-10(16)4-6-11/h3-7H,1-2H3,(H,17,18,20). The van der Waals surface area contributed by atoms with Crippen LogP contribution in [0.5, 0.6) is 0 Å². The molecular formula is C15H12ClN3O2S. The quantitative estimate of drug-likeness (QED) is 0.880. The van der Waals surface area contributed by atoms with Gasteiger partial charge in [0.1, 0.15) is 11.6 Å². The minimum atomic E-state index is -0.161. The molecule has 7 heteroatoms. The van der Waals surface area contributed by atoms with Crippen molar-refractivity contribution >= 4 is 46.2 Å². The van der Waals surface area contributed by atoms with Crippen LogP contribution in [0, 0.1) is 13.8 Å². The maximum absolute atomic E-state index is 11.7. The van der Waals surface area contributed by atoms with E-state index in [1.165, 1.54) is 0 Å². The molecule has 2 heterocycles. The van der Waals surface area contributed by atoms with Crippen LogP contribution in [-0.4, -0.2) is 16.2 Å². The molecule has 0 radical (unpaired) electrons. The SMILES string of the molecule is Cc1noc(C)c1C=C1SC(=O)NC1=Nc1ccc(Cl)cc1. The number of thioether (sulfide) groups is 1. The van der Waals surface area contributed by atoms with Gasteiger partial charge in [0.05, 0.1) is 16.3 Å². The van der Waals surface area contributed by atoms with E-state index < -0.39 is 0 Å². The number of aromatic nitrogens is 1. The largest absolute Gasteiger partial charge is 0.361 e. The van der Waals surface area contributed by atoms with E-state index in [0.29, 0.717) is 22.3 Å². The first kappa shape index (κ1) is 14.9. The van der Waals surface area contributed by atoms with E-state index in [2.05, 4.69) is 15.5 Å². The van der Waals surface area contributed by atoms with Crippen molar-refractivity contribution in [1.82, 2.24) is 10.5 Å². The summed E-state index contributed by atoms with van der Waals surface area (Å²) in [6, 6.07) is 7.08. The zero-order chi connectivity index (χ0) is 15.7. The van der Waals surface area contributed by atoms with Gasteiger partial charge in [-0.25, -0.2) is 4.99 Å². The van der Waals surface area contributed by atoms with Crippen LogP contribution < -0.4 is 5.32 Å². The monoisotopic (exact) mass is 333 g/mol. The number of hydrogen-bond donors (Lipinski definition) is 1. The number of aryl methyl sites for hydroxylation is 2. The fourth-order valence-corrected chi connectivity index (χ4v) is 2.83. The van der Waals surface area contributed by atoms with Crippen LogP contribution in [0.2, 0.25) is 5.02 Å². The molecule has 22 heavy (non-hydrogen) atoms. The second-order valence-electron chi connectivity index (χ2n) is 4.70. The average Bonchev–Trinajstić information content (AvgIpc) is 2.98. The fourth-order valence-electron chi connectivity index (χ4n) is 1.98. The van der Waals surface area contributed by atoms with Crippen LogP contribution in [0.1, 0.15) is 17.0 Å². The molecule has 1 aromatic heterocycles. The van der Waals surface area contributed by atoms with Crippen LogP contribution in [0.25, 0.3) is 6.08 Å². The summed E-state index contributed by atoms with van der Waals surface area (Å²) in [5.41, 5.74) is 2.35. The molecule has 1 aliphatic heterocycles. The molecule has 0 atom stereocenters. The van der Waals surface area contributed by atoms with Crippen molar-refractivity contribution in [2.24, 2.45) is 4.99 Å². The Morgan fingerprint density at radius 2 is 2.05 bits per heavy atom. The molecule has 0 unspecified atom stereocenters. The number of amides is 1. The number of benzene rings is 1. The summed E-state index contributed by atoms with van der Waals surface area (Å²) in [6.07, 6.45) is 1.86. The van der Waals surface area contributed by atoms with Gasteiger partial charge in [0.25, 0.3) is 5.24 Å². The Kier molecular flexibility index (Phi) is 4.04. The average molecular weight is 334 g/mol. The molecule has 1 saturated heterocycles. The minimum Gasteiger partial charge on any atom is -0.361 e. The lowest BCUT2D eigenvalue weighted by Crippen LogP contribution is -2.18. The summed E-state index contributed by atoms with van der Waals surface area (Å²) >= 11 is 6.96. The maximum atomic E-state index is 11.7. The lowest BCUT2D eigenvalue weighted by molar-refractivity contribution is 0.265. The Morgan fingerprint density at radius 1 is 1.32 bits per heavy atom. The molecule has 3 rings (SSSR count). The molecular weight excluding hydrogens is 322 g/mol. The van der Waals surface area contributed by atoms with Crippen molar-refractivity contribution in [3.8, 4) is 0 Å². The van der Waals surface area contributed by atoms with E-state index >= 15 is 0 Å². The van der Waals surface area contributed by atoms with E-state index in [1.54, 1.807) is 24.3 Å². The van der Waals surface area contributed by atoms with Crippen molar-refractivity contribution in [3.05, 3.63) is 51.2 Å². The number of halogens is 1. The lowest BCUT2D eigenvalue weighted by Gasteiger charge is -2.00. The Labute approximate surface area is 136 Å². The molecule has 0 aliphatic carbocycles. The second-order valence-corrected chi connectivity index (χ2v) is 6.15. The van der Waals surface area contributed by atoms with E-state index in [4.69, 9.17) is 16.1 Å². The summed E-state index contributed by atoms with van der Waals surface area (Å²) in [6.45, 7) is 3.69. The number of nitrogens with zero attached hydrogens (tertiary/aromatic N) is 2. The van der Waals surface area contributed by atoms with Gasteiger partial charge in [-0.1, -0.05) is 16.8 Å². The van der Waals surface area contributed by atoms with Gasteiger partial charge in [0.15, 0.2) is 0 Å². The molecule has 1 amide bonds. The third-order valence-electron chi connectivity index (χ3n) is 3.09. The van der Waals surface area contributed by atoms with Gasteiger partial charge in [-0.15, -0.1) is 0 Å². The van der Waals surface area contributed by atoms with Crippen molar-refractivity contribution < 1.29 is 9.32 Å². The van der Waals surface area contributed by atoms with Crippen molar-refractivity contribution in [2.75, 3.05) is 0 Å². The van der Waals surface area contributed by atoms with Gasteiger partial charge in [-0.05, 0) is 56.0 Å². The zero-order valence-electron chi connectivity index (χ0n) is 11.9. The molecule has 0 bridgehead atoms. The number of rotatable bonds is 2. The van der Waals surface area contributed by atoms with Crippen LogP contribution in [0.15, 0.2) is 38.7 Å². The molecule has 1 aromatic carbocycles. The molecule has 0 spiro atoms. The van der Waals surface area contributed by atoms with E-state index in [-0.39, 0.29) is 5.24 Å².